The van der Waals surface area contributed by atoms with Gasteiger partial charge in [-0.3, -0.25) is 0 Å². The normalized spacial score (nSPS) is 27.3. The van der Waals surface area contributed by atoms with Crippen LogP contribution in [0.1, 0.15) is 51.6 Å². The summed E-state index contributed by atoms with van der Waals surface area (Å²) in [7, 11) is -3.38. The molecule has 6 heteroatoms. The number of hydrogen-bond acceptors (Lipinski definition) is 3. The van der Waals surface area contributed by atoms with Crippen molar-refractivity contribution in [3.05, 3.63) is 18.0 Å². The minimum atomic E-state index is -3.38. The Kier molecular flexibility index (Phi) is 4.12. The molecule has 1 aromatic rings. The molecule has 2 unspecified atom stereocenters. The predicted molar refractivity (Wildman–Crippen MR) is 82.5 cm³/mol. The lowest BCUT2D eigenvalue weighted by molar-refractivity contribution is 0.329. The van der Waals surface area contributed by atoms with Gasteiger partial charge in [-0.2, -0.15) is 4.31 Å². The Morgan fingerprint density at radius 2 is 2.10 bits per heavy atom. The number of aromatic nitrogens is 1. The first kappa shape index (κ1) is 15.1. The molecule has 1 saturated heterocycles. The molecule has 2 N–H and O–H groups in total. The van der Waals surface area contributed by atoms with Crippen LogP contribution in [0, 0.1) is 0 Å². The van der Waals surface area contributed by atoms with Crippen LogP contribution in [0.5, 0.6) is 0 Å². The molecule has 0 bridgehead atoms. The van der Waals surface area contributed by atoms with E-state index in [-0.39, 0.29) is 12.1 Å². The maximum atomic E-state index is 12.9. The SMILES string of the molecule is CCC1CCC(C)N1S(=O)(=O)c1c[nH]c(CNC2CC2)c1. The van der Waals surface area contributed by atoms with E-state index in [2.05, 4.69) is 17.2 Å². The Morgan fingerprint density at radius 1 is 1.33 bits per heavy atom. The second-order valence-corrected chi connectivity index (χ2v) is 8.18. The smallest absolute Gasteiger partial charge is 0.245 e. The van der Waals surface area contributed by atoms with Gasteiger partial charge in [-0.05, 0) is 45.1 Å². The van der Waals surface area contributed by atoms with Crippen LogP contribution >= 0.6 is 0 Å². The molecule has 1 aliphatic carbocycles. The minimum absolute atomic E-state index is 0.0999. The fourth-order valence-electron chi connectivity index (χ4n) is 3.20. The summed E-state index contributed by atoms with van der Waals surface area (Å²) in [5.41, 5.74) is 0.945. The molecule has 2 fully saturated rings. The molecule has 0 aromatic carbocycles. The van der Waals surface area contributed by atoms with Crippen molar-refractivity contribution in [2.75, 3.05) is 0 Å². The van der Waals surface area contributed by atoms with Crippen molar-refractivity contribution in [2.45, 2.75) is 75.5 Å². The zero-order chi connectivity index (χ0) is 15.0. The van der Waals surface area contributed by atoms with Crippen molar-refractivity contribution in [1.29, 1.82) is 0 Å². The monoisotopic (exact) mass is 311 g/mol. The molecule has 1 aromatic heterocycles. The van der Waals surface area contributed by atoms with Crippen LogP contribution in [-0.4, -0.2) is 35.8 Å². The molecular formula is C15H25N3O2S. The van der Waals surface area contributed by atoms with Gasteiger partial charge < -0.3 is 10.3 Å². The van der Waals surface area contributed by atoms with E-state index in [4.69, 9.17) is 0 Å². The van der Waals surface area contributed by atoms with Crippen molar-refractivity contribution in [1.82, 2.24) is 14.6 Å². The Labute approximate surface area is 127 Å². The number of aromatic amines is 1. The zero-order valence-electron chi connectivity index (χ0n) is 12.8. The number of hydrogen-bond donors (Lipinski definition) is 2. The maximum Gasteiger partial charge on any atom is 0.245 e. The Bertz CT molecular complexity index is 592. The van der Waals surface area contributed by atoms with Crippen molar-refractivity contribution in [3.63, 3.8) is 0 Å². The van der Waals surface area contributed by atoms with E-state index < -0.39 is 10.0 Å². The third kappa shape index (κ3) is 3.03. The summed E-state index contributed by atoms with van der Waals surface area (Å²) < 4.78 is 27.4. The van der Waals surface area contributed by atoms with E-state index in [1.165, 1.54) is 12.8 Å². The van der Waals surface area contributed by atoms with Crippen molar-refractivity contribution in [3.8, 4) is 0 Å². The largest absolute Gasteiger partial charge is 0.363 e. The van der Waals surface area contributed by atoms with Gasteiger partial charge in [0.25, 0.3) is 0 Å². The van der Waals surface area contributed by atoms with Gasteiger partial charge >= 0.3 is 0 Å². The Hall–Kier alpha value is -0.850. The first-order chi connectivity index (χ1) is 10.0. The third-order valence-electron chi connectivity index (χ3n) is 4.63. The number of rotatable bonds is 6. The molecule has 2 aliphatic rings. The van der Waals surface area contributed by atoms with E-state index in [0.29, 0.717) is 17.5 Å². The molecule has 118 valence electrons. The van der Waals surface area contributed by atoms with Crippen LogP contribution in [0.2, 0.25) is 0 Å². The topological polar surface area (TPSA) is 65.2 Å². The summed E-state index contributed by atoms with van der Waals surface area (Å²) in [4.78, 5) is 3.50. The van der Waals surface area contributed by atoms with Gasteiger partial charge in [0, 0.05) is 36.6 Å². The van der Waals surface area contributed by atoms with E-state index in [1.807, 2.05) is 6.92 Å². The molecule has 1 aliphatic heterocycles. The van der Waals surface area contributed by atoms with Gasteiger partial charge in [-0.1, -0.05) is 6.92 Å². The quantitative estimate of drug-likeness (QED) is 0.846. The fourth-order valence-corrected chi connectivity index (χ4v) is 5.17. The lowest BCUT2D eigenvalue weighted by Gasteiger charge is -2.26. The van der Waals surface area contributed by atoms with E-state index in [1.54, 1.807) is 16.6 Å². The average Bonchev–Trinajstić information content (AvgIpc) is 3.00. The summed E-state index contributed by atoms with van der Waals surface area (Å²) >= 11 is 0. The highest BCUT2D eigenvalue weighted by Crippen LogP contribution is 2.32. The van der Waals surface area contributed by atoms with Gasteiger partial charge in [0.05, 0.1) is 4.90 Å². The summed E-state index contributed by atoms with van der Waals surface area (Å²) in [5.74, 6) is 0. The number of nitrogens with one attached hydrogen (secondary N) is 2. The third-order valence-corrected chi connectivity index (χ3v) is 6.68. The van der Waals surface area contributed by atoms with E-state index in [9.17, 15) is 8.42 Å². The van der Waals surface area contributed by atoms with Crippen LogP contribution in [0.15, 0.2) is 17.2 Å². The maximum absolute atomic E-state index is 12.9. The fraction of sp³-hybridized carbons (Fsp3) is 0.733. The average molecular weight is 311 g/mol. The molecular weight excluding hydrogens is 286 g/mol. The first-order valence-corrected chi connectivity index (χ1v) is 9.40. The van der Waals surface area contributed by atoms with Gasteiger partial charge in [-0.25, -0.2) is 8.42 Å². The van der Waals surface area contributed by atoms with E-state index >= 15 is 0 Å². The van der Waals surface area contributed by atoms with Crippen molar-refractivity contribution < 1.29 is 8.42 Å². The highest BCUT2D eigenvalue weighted by Gasteiger charge is 2.39. The van der Waals surface area contributed by atoms with Crippen LogP contribution in [0.3, 0.4) is 0 Å². The van der Waals surface area contributed by atoms with Gasteiger partial charge in [0.2, 0.25) is 10.0 Å². The number of H-pyrrole nitrogens is 1. The lowest BCUT2D eigenvalue weighted by Crippen LogP contribution is -2.39. The molecule has 21 heavy (non-hydrogen) atoms. The zero-order valence-corrected chi connectivity index (χ0v) is 13.6. The van der Waals surface area contributed by atoms with Crippen LogP contribution in [0.4, 0.5) is 0 Å². The highest BCUT2D eigenvalue weighted by molar-refractivity contribution is 7.89. The molecule has 0 amide bonds. The van der Waals surface area contributed by atoms with Crippen LogP contribution in [0.25, 0.3) is 0 Å². The molecule has 5 nitrogen and oxygen atoms in total. The molecule has 0 radical (unpaired) electrons. The van der Waals surface area contributed by atoms with Gasteiger partial charge in [0.15, 0.2) is 0 Å². The van der Waals surface area contributed by atoms with E-state index in [0.717, 1.165) is 25.0 Å². The molecule has 1 saturated carbocycles. The standard InChI is InChI=1S/C15H25N3O2S/c1-3-14-7-4-11(2)18(14)21(19,20)15-8-13(17-10-15)9-16-12-5-6-12/h8,10-12,14,16-17H,3-7,9H2,1-2H3. The molecule has 0 spiro atoms. The van der Waals surface area contributed by atoms with Gasteiger partial charge in [0.1, 0.15) is 0 Å². The minimum Gasteiger partial charge on any atom is -0.363 e. The Balaban J connectivity index is 1.77. The van der Waals surface area contributed by atoms with Crippen molar-refractivity contribution >= 4 is 10.0 Å². The second kappa shape index (κ2) is 5.74. The molecule has 3 rings (SSSR count). The summed E-state index contributed by atoms with van der Waals surface area (Å²) in [6, 6.07) is 2.65. The summed E-state index contributed by atoms with van der Waals surface area (Å²) in [6.07, 6.45) is 6.90. The number of nitrogens with zero attached hydrogens (tertiary/aromatic N) is 1. The van der Waals surface area contributed by atoms with Crippen LogP contribution in [-0.2, 0) is 16.6 Å². The predicted octanol–water partition coefficient (Wildman–Crippen LogP) is 2.22. The highest BCUT2D eigenvalue weighted by atomic mass is 32.2. The summed E-state index contributed by atoms with van der Waals surface area (Å²) in [6.45, 7) is 4.79. The number of sulfonamides is 1. The lowest BCUT2D eigenvalue weighted by atomic mass is 10.2. The molecule has 2 atom stereocenters. The van der Waals surface area contributed by atoms with Crippen molar-refractivity contribution in [2.24, 2.45) is 0 Å². The van der Waals surface area contributed by atoms with Crippen LogP contribution < -0.4 is 5.32 Å². The van der Waals surface area contributed by atoms with Gasteiger partial charge in [-0.15, -0.1) is 0 Å². The Morgan fingerprint density at radius 3 is 2.76 bits per heavy atom. The summed E-state index contributed by atoms with van der Waals surface area (Å²) in [5, 5.41) is 3.40. The first-order valence-electron chi connectivity index (χ1n) is 7.96. The molecule has 2 heterocycles. The second-order valence-electron chi connectivity index (χ2n) is 6.34.